The first-order valence-corrected chi connectivity index (χ1v) is 9.77. The number of benzene rings is 3. The molecule has 1 heterocycles. The van der Waals surface area contributed by atoms with Crippen LogP contribution in [-0.2, 0) is 0 Å². The molecule has 4 rings (SSSR count). The van der Waals surface area contributed by atoms with Crippen molar-refractivity contribution in [1.29, 1.82) is 0 Å². The van der Waals surface area contributed by atoms with Crippen molar-refractivity contribution < 1.29 is 4.79 Å². The monoisotopic (exact) mass is 399 g/mol. The fourth-order valence-corrected chi connectivity index (χ4v) is 3.25. The summed E-state index contributed by atoms with van der Waals surface area (Å²) in [7, 11) is 7.99. The van der Waals surface area contributed by atoms with Crippen LogP contribution in [0.15, 0.2) is 66.7 Å². The van der Waals surface area contributed by atoms with E-state index >= 15 is 0 Å². The molecule has 0 aliphatic rings. The Kier molecular flexibility index (Phi) is 5.14. The number of carbonyl (C=O) groups excluding carboxylic acids is 1. The molecule has 0 bridgehead atoms. The van der Waals surface area contributed by atoms with Crippen LogP contribution in [0.25, 0.3) is 22.4 Å². The number of rotatable bonds is 5. The van der Waals surface area contributed by atoms with Crippen molar-refractivity contribution in [3.63, 3.8) is 0 Å². The van der Waals surface area contributed by atoms with Gasteiger partial charge in [-0.15, -0.1) is 0 Å². The molecule has 0 saturated carbocycles. The molecule has 3 aromatic carbocycles. The Balaban J connectivity index is 1.55. The van der Waals surface area contributed by atoms with Gasteiger partial charge in [-0.05, 0) is 66.7 Å². The average molecular weight is 399 g/mol. The van der Waals surface area contributed by atoms with Crippen LogP contribution in [0.5, 0.6) is 0 Å². The maximum absolute atomic E-state index is 12.7. The van der Waals surface area contributed by atoms with Crippen LogP contribution < -0.4 is 15.1 Å². The number of amides is 1. The predicted octanol–water partition coefficient (Wildman–Crippen LogP) is 4.61. The van der Waals surface area contributed by atoms with Crippen LogP contribution in [0.3, 0.4) is 0 Å². The van der Waals surface area contributed by atoms with Crippen LogP contribution in [0, 0.1) is 0 Å². The molecule has 152 valence electrons. The van der Waals surface area contributed by atoms with Crippen molar-refractivity contribution in [2.75, 3.05) is 43.3 Å². The highest BCUT2D eigenvalue weighted by Gasteiger charge is 2.11. The van der Waals surface area contributed by atoms with Gasteiger partial charge in [0.05, 0.1) is 11.0 Å². The van der Waals surface area contributed by atoms with E-state index in [-0.39, 0.29) is 5.91 Å². The van der Waals surface area contributed by atoms with E-state index in [9.17, 15) is 4.79 Å². The number of hydrogen-bond donors (Lipinski definition) is 2. The zero-order chi connectivity index (χ0) is 21.3. The number of imidazole rings is 1. The molecule has 0 saturated heterocycles. The van der Waals surface area contributed by atoms with Crippen LogP contribution in [0.4, 0.5) is 17.1 Å². The van der Waals surface area contributed by atoms with Crippen LogP contribution >= 0.6 is 0 Å². The molecule has 2 N–H and O–H groups in total. The zero-order valence-electron chi connectivity index (χ0n) is 17.6. The lowest BCUT2D eigenvalue weighted by atomic mass is 10.2. The molecular formula is C24H25N5O. The van der Waals surface area contributed by atoms with Crippen molar-refractivity contribution in [1.82, 2.24) is 9.97 Å². The van der Waals surface area contributed by atoms with Gasteiger partial charge in [0, 0.05) is 56.4 Å². The molecule has 0 atom stereocenters. The Morgan fingerprint density at radius 2 is 1.43 bits per heavy atom. The van der Waals surface area contributed by atoms with E-state index in [4.69, 9.17) is 0 Å². The van der Waals surface area contributed by atoms with Gasteiger partial charge in [0.1, 0.15) is 5.82 Å². The fraction of sp³-hybridized carbons (Fsp3) is 0.167. The molecule has 0 unspecified atom stereocenters. The van der Waals surface area contributed by atoms with E-state index in [0.717, 1.165) is 39.5 Å². The molecule has 30 heavy (non-hydrogen) atoms. The van der Waals surface area contributed by atoms with Gasteiger partial charge in [0.2, 0.25) is 0 Å². The number of aromatic nitrogens is 2. The van der Waals surface area contributed by atoms with E-state index in [1.54, 1.807) is 0 Å². The van der Waals surface area contributed by atoms with Crippen molar-refractivity contribution in [2.24, 2.45) is 0 Å². The maximum atomic E-state index is 12.7. The van der Waals surface area contributed by atoms with Gasteiger partial charge in [0.25, 0.3) is 5.91 Å². The number of H-pyrrole nitrogens is 1. The van der Waals surface area contributed by atoms with Crippen LogP contribution in [0.2, 0.25) is 0 Å². The lowest BCUT2D eigenvalue weighted by Gasteiger charge is -2.13. The summed E-state index contributed by atoms with van der Waals surface area (Å²) in [6.07, 6.45) is 0. The lowest BCUT2D eigenvalue weighted by molar-refractivity contribution is 0.102. The number of nitrogens with zero attached hydrogens (tertiary/aromatic N) is 3. The average Bonchev–Trinajstić information content (AvgIpc) is 3.17. The predicted molar refractivity (Wildman–Crippen MR) is 125 cm³/mol. The first-order chi connectivity index (χ1) is 14.4. The quantitative estimate of drug-likeness (QED) is 0.514. The van der Waals surface area contributed by atoms with Crippen molar-refractivity contribution in [3.05, 3.63) is 72.3 Å². The second-order valence-corrected chi connectivity index (χ2v) is 7.65. The van der Waals surface area contributed by atoms with Gasteiger partial charge in [-0.25, -0.2) is 4.98 Å². The summed E-state index contributed by atoms with van der Waals surface area (Å²) in [6, 6.07) is 21.5. The van der Waals surface area contributed by atoms with E-state index in [1.807, 2.05) is 87.7 Å². The Morgan fingerprint density at radius 1 is 0.833 bits per heavy atom. The van der Waals surface area contributed by atoms with Crippen molar-refractivity contribution >= 4 is 34.0 Å². The molecule has 0 fully saturated rings. The minimum Gasteiger partial charge on any atom is -0.378 e. The SMILES string of the molecule is CN(C)c1ccc(NC(=O)c2ccc3[nH]c(-c4ccc(N(C)C)cc4)nc3c2)cc1. The van der Waals surface area contributed by atoms with E-state index in [2.05, 4.69) is 32.3 Å². The molecule has 6 heteroatoms. The number of aromatic amines is 1. The number of fused-ring (bicyclic) bond motifs is 1. The summed E-state index contributed by atoms with van der Waals surface area (Å²) in [5, 5.41) is 2.94. The lowest BCUT2D eigenvalue weighted by Crippen LogP contribution is -2.12. The van der Waals surface area contributed by atoms with Gasteiger partial charge in [-0.2, -0.15) is 0 Å². The molecule has 0 spiro atoms. The van der Waals surface area contributed by atoms with Gasteiger partial charge in [-0.3, -0.25) is 4.79 Å². The first-order valence-electron chi connectivity index (χ1n) is 9.77. The molecule has 4 aromatic rings. The van der Waals surface area contributed by atoms with Gasteiger partial charge >= 0.3 is 0 Å². The second kappa shape index (κ2) is 7.91. The minimum absolute atomic E-state index is 0.158. The third-order valence-corrected chi connectivity index (χ3v) is 5.04. The molecule has 0 aliphatic heterocycles. The zero-order valence-corrected chi connectivity index (χ0v) is 17.6. The normalized spacial score (nSPS) is 10.8. The molecule has 1 amide bonds. The standard InChI is InChI=1S/C24H25N5O/c1-28(2)19-10-5-16(6-11-19)23-26-21-14-7-17(15-22(21)27-23)24(30)25-18-8-12-20(13-9-18)29(3)4/h5-15H,1-4H3,(H,25,30)(H,26,27). The number of carbonyl (C=O) groups is 1. The Morgan fingerprint density at radius 3 is 2.03 bits per heavy atom. The number of nitrogens with one attached hydrogen (secondary N) is 2. The number of hydrogen-bond acceptors (Lipinski definition) is 4. The highest BCUT2D eigenvalue weighted by atomic mass is 16.1. The summed E-state index contributed by atoms with van der Waals surface area (Å²) in [5.74, 6) is 0.626. The Hall–Kier alpha value is -3.80. The first kappa shape index (κ1) is 19.5. The fourth-order valence-electron chi connectivity index (χ4n) is 3.25. The summed E-state index contributed by atoms with van der Waals surface area (Å²) in [5.41, 5.74) is 6.20. The topological polar surface area (TPSA) is 64.3 Å². The maximum Gasteiger partial charge on any atom is 0.255 e. The van der Waals surface area contributed by atoms with Gasteiger partial charge < -0.3 is 20.1 Å². The minimum atomic E-state index is -0.158. The molecule has 0 aliphatic carbocycles. The van der Waals surface area contributed by atoms with Crippen molar-refractivity contribution in [3.8, 4) is 11.4 Å². The summed E-state index contributed by atoms with van der Waals surface area (Å²) < 4.78 is 0. The Bertz CT molecular complexity index is 1170. The van der Waals surface area contributed by atoms with E-state index in [0.29, 0.717) is 5.56 Å². The van der Waals surface area contributed by atoms with Crippen molar-refractivity contribution in [2.45, 2.75) is 0 Å². The van der Waals surface area contributed by atoms with Crippen LogP contribution in [-0.4, -0.2) is 44.1 Å². The van der Waals surface area contributed by atoms with Gasteiger partial charge in [0.15, 0.2) is 0 Å². The molecule has 1 aromatic heterocycles. The third kappa shape index (κ3) is 3.98. The van der Waals surface area contributed by atoms with Gasteiger partial charge in [-0.1, -0.05) is 0 Å². The largest absolute Gasteiger partial charge is 0.378 e. The number of anilines is 3. The highest BCUT2D eigenvalue weighted by molar-refractivity contribution is 6.06. The summed E-state index contributed by atoms with van der Waals surface area (Å²) in [6.45, 7) is 0. The highest BCUT2D eigenvalue weighted by Crippen LogP contribution is 2.24. The summed E-state index contributed by atoms with van der Waals surface area (Å²) in [4.78, 5) is 24.8. The van der Waals surface area contributed by atoms with E-state index < -0.39 is 0 Å². The summed E-state index contributed by atoms with van der Waals surface area (Å²) >= 11 is 0. The second-order valence-electron chi connectivity index (χ2n) is 7.65. The molecule has 0 radical (unpaired) electrons. The van der Waals surface area contributed by atoms with Crippen LogP contribution in [0.1, 0.15) is 10.4 Å². The smallest absolute Gasteiger partial charge is 0.255 e. The third-order valence-electron chi connectivity index (χ3n) is 5.04. The van der Waals surface area contributed by atoms with E-state index in [1.165, 1.54) is 0 Å². The Labute approximate surface area is 176 Å². The molecule has 6 nitrogen and oxygen atoms in total. The molecular weight excluding hydrogens is 374 g/mol.